The van der Waals surface area contributed by atoms with Crippen LogP contribution in [0.25, 0.3) is 11.3 Å². The highest BCUT2D eigenvalue weighted by atomic mass is 16.5. The zero-order valence-corrected chi connectivity index (χ0v) is 10.6. The summed E-state index contributed by atoms with van der Waals surface area (Å²) in [6.07, 6.45) is 3.69. The van der Waals surface area contributed by atoms with Crippen molar-refractivity contribution >= 4 is 5.97 Å². The summed E-state index contributed by atoms with van der Waals surface area (Å²) in [5.74, 6) is 0.696. The molecule has 1 aromatic carbocycles. The smallest absolute Gasteiger partial charge is 0.374 e. The zero-order chi connectivity index (χ0) is 13.2. The minimum Gasteiger partial charge on any atom is -0.493 e. The summed E-state index contributed by atoms with van der Waals surface area (Å²) in [5.41, 5.74) is 2.98. The molecule has 0 fully saturated rings. The first-order valence-corrected chi connectivity index (χ1v) is 6.17. The molecule has 0 spiro atoms. The van der Waals surface area contributed by atoms with E-state index >= 15 is 0 Å². The molecule has 1 aliphatic heterocycles. The number of imidazole rings is 1. The molecule has 0 radical (unpaired) electrons. The van der Waals surface area contributed by atoms with Crippen molar-refractivity contribution in [2.24, 2.45) is 0 Å². The van der Waals surface area contributed by atoms with E-state index in [9.17, 15) is 4.79 Å². The number of aryl methyl sites for hydroxylation is 1. The number of methoxy groups -OCH3 is 1. The number of hydrogen-bond acceptors (Lipinski definition) is 4. The first kappa shape index (κ1) is 11.8. The third-order valence-electron chi connectivity index (χ3n) is 3.17. The van der Waals surface area contributed by atoms with Crippen LogP contribution in [-0.2, 0) is 11.2 Å². The van der Waals surface area contributed by atoms with Crippen LogP contribution >= 0.6 is 0 Å². The minimum atomic E-state index is -0.465. The average Bonchev–Trinajstić information content (AvgIpc) is 2.95. The molecule has 0 amide bonds. The third-order valence-corrected chi connectivity index (χ3v) is 3.17. The fourth-order valence-electron chi connectivity index (χ4n) is 2.20. The molecule has 1 aromatic heterocycles. The van der Waals surface area contributed by atoms with Gasteiger partial charge < -0.3 is 14.5 Å². The predicted octanol–water partition coefficient (Wildman–Crippen LogP) is 2.19. The molecule has 19 heavy (non-hydrogen) atoms. The number of nitrogens with zero attached hydrogens (tertiary/aromatic N) is 1. The van der Waals surface area contributed by atoms with Gasteiger partial charge in [-0.15, -0.1) is 0 Å². The lowest BCUT2D eigenvalue weighted by Crippen LogP contribution is -2.08. The normalized spacial score (nSPS) is 13.5. The molecule has 3 rings (SSSR count). The van der Waals surface area contributed by atoms with E-state index in [-0.39, 0.29) is 5.82 Å². The SMILES string of the molecule is COC(=O)c1ncc(-c2ccc3c(c2)CCCO3)[nH]1. The predicted molar refractivity (Wildman–Crippen MR) is 69.2 cm³/mol. The van der Waals surface area contributed by atoms with E-state index in [1.54, 1.807) is 6.20 Å². The fraction of sp³-hybridized carbons (Fsp3) is 0.286. The number of aromatic nitrogens is 2. The second-order valence-electron chi connectivity index (χ2n) is 4.41. The number of carbonyl (C=O) groups is 1. The van der Waals surface area contributed by atoms with Gasteiger partial charge in [0.25, 0.3) is 0 Å². The first-order valence-electron chi connectivity index (χ1n) is 6.17. The van der Waals surface area contributed by atoms with Crippen molar-refractivity contribution in [2.75, 3.05) is 13.7 Å². The molecule has 5 nitrogen and oxygen atoms in total. The van der Waals surface area contributed by atoms with Gasteiger partial charge in [0.15, 0.2) is 0 Å². The number of benzene rings is 1. The van der Waals surface area contributed by atoms with Gasteiger partial charge in [-0.3, -0.25) is 0 Å². The molecule has 0 aliphatic carbocycles. The number of nitrogens with one attached hydrogen (secondary N) is 1. The molecule has 0 unspecified atom stereocenters. The highest BCUT2D eigenvalue weighted by molar-refractivity contribution is 5.86. The van der Waals surface area contributed by atoms with Gasteiger partial charge in [0.05, 0.1) is 25.6 Å². The monoisotopic (exact) mass is 258 g/mol. The number of carbonyl (C=O) groups excluding carboxylic acids is 1. The maximum absolute atomic E-state index is 11.4. The lowest BCUT2D eigenvalue weighted by Gasteiger charge is -2.17. The topological polar surface area (TPSA) is 64.2 Å². The Hall–Kier alpha value is -2.30. The summed E-state index contributed by atoms with van der Waals surface area (Å²) >= 11 is 0. The fourth-order valence-corrected chi connectivity index (χ4v) is 2.20. The summed E-state index contributed by atoms with van der Waals surface area (Å²) in [6, 6.07) is 5.99. The van der Waals surface area contributed by atoms with Crippen LogP contribution in [0.15, 0.2) is 24.4 Å². The Balaban J connectivity index is 1.93. The molecular formula is C14H14N2O3. The van der Waals surface area contributed by atoms with Crippen LogP contribution in [0.4, 0.5) is 0 Å². The van der Waals surface area contributed by atoms with E-state index in [0.29, 0.717) is 0 Å². The maximum atomic E-state index is 11.4. The van der Waals surface area contributed by atoms with Crippen LogP contribution in [0.5, 0.6) is 5.75 Å². The maximum Gasteiger partial charge on any atom is 0.374 e. The van der Waals surface area contributed by atoms with Crippen LogP contribution in [-0.4, -0.2) is 29.7 Å². The molecule has 1 aliphatic rings. The van der Waals surface area contributed by atoms with Crippen LogP contribution in [0, 0.1) is 0 Å². The highest BCUT2D eigenvalue weighted by Crippen LogP contribution is 2.29. The first-order chi connectivity index (χ1) is 9.28. The van der Waals surface area contributed by atoms with E-state index < -0.39 is 5.97 Å². The van der Waals surface area contributed by atoms with Gasteiger partial charge in [0.1, 0.15) is 5.75 Å². The Kier molecular flexibility index (Phi) is 2.95. The number of fused-ring (bicyclic) bond motifs is 1. The van der Waals surface area contributed by atoms with E-state index in [0.717, 1.165) is 36.5 Å². The molecule has 0 bridgehead atoms. The lowest BCUT2D eigenvalue weighted by atomic mass is 10.0. The molecule has 0 atom stereocenters. The van der Waals surface area contributed by atoms with Gasteiger partial charge in [-0.2, -0.15) is 0 Å². The Morgan fingerprint density at radius 1 is 1.47 bits per heavy atom. The number of esters is 1. The highest BCUT2D eigenvalue weighted by Gasteiger charge is 2.14. The number of ether oxygens (including phenoxy) is 2. The molecule has 2 aromatic rings. The minimum absolute atomic E-state index is 0.214. The summed E-state index contributed by atoms with van der Waals surface area (Å²) in [4.78, 5) is 18.3. The summed E-state index contributed by atoms with van der Waals surface area (Å²) < 4.78 is 10.2. The van der Waals surface area contributed by atoms with Crippen molar-refractivity contribution in [1.82, 2.24) is 9.97 Å². The molecule has 1 N–H and O–H groups in total. The van der Waals surface area contributed by atoms with Gasteiger partial charge in [-0.1, -0.05) is 0 Å². The summed E-state index contributed by atoms with van der Waals surface area (Å²) in [7, 11) is 1.33. The summed E-state index contributed by atoms with van der Waals surface area (Å²) in [5, 5.41) is 0. The Labute approximate surface area is 110 Å². The zero-order valence-electron chi connectivity index (χ0n) is 10.6. The molecule has 2 heterocycles. The average molecular weight is 258 g/mol. The van der Waals surface area contributed by atoms with Crippen molar-refractivity contribution in [2.45, 2.75) is 12.8 Å². The Bertz CT molecular complexity index is 619. The van der Waals surface area contributed by atoms with E-state index in [2.05, 4.69) is 20.8 Å². The van der Waals surface area contributed by atoms with Gasteiger partial charge in [-0.05, 0) is 36.6 Å². The largest absolute Gasteiger partial charge is 0.493 e. The standard InChI is InChI=1S/C14H14N2O3/c1-18-14(17)13-15-8-11(16-13)9-4-5-12-10(7-9)3-2-6-19-12/h4-5,7-8H,2-3,6H2,1H3,(H,15,16). The number of hydrogen-bond donors (Lipinski definition) is 1. The molecule has 0 saturated heterocycles. The van der Waals surface area contributed by atoms with Crippen molar-refractivity contribution in [3.63, 3.8) is 0 Å². The van der Waals surface area contributed by atoms with Crippen molar-refractivity contribution < 1.29 is 14.3 Å². The number of H-pyrrole nitrogens is 1. The number of rotatable bonds is 2. The summed E-state index contributed by atoms with van der Waals surface area (Å²) in [6.45, 7) is 0.781. The van der Waals surface area contributed by atoms with E-state index in [4.69, 9.17) is 4.74 Å². The second kappa shape index (κ2) is 4.76. The Morgan fingerprint density at radius 2 is 2.37 bits per heavy atom. The van der Waals surface area contributed by atoms with Crippen LogP contribution in [0.2, 0.25) is 0 Å². The molecule has 0 saturated carbocycles. The van der Waals surface area contributed by atoms with Gasteiger partial charge in [-0.25, -0.2) is 9.78 Å². The second-order valence-corrected chi connectivity index (χ2v) is 4.41. The van der Waals surface area contributed by atoms with E-state index in [1.165, 1.54) is 12.7 Å². The van der Waals surface area contributed by atoms with Crippen molar-refractivity contribution in [3.8, 4) is 17.0 Å². The van der Waals surface area contributed by atoms with Crippen molar-refractivity contribution in [3.05, 3.63) is 35.8 Å². The van der Waals surface area contributed by atoms with E-state index in [1.807, 2.05) is 12.1 Å². The molecule has 98 valence electrons. The van der Waals surface area contributed by atoms with Gasteiger partial charge in [0.2, 0.25) is 5.82 Å². The van der Waals surface area contributed by atoms with Crippen LogP contribution in [0.1, 0.15) is 22.6 Å². The van der Waals surface area contributed by atoms with Crippen LogP contribution in [0.3, 0.4) is 0 Å². The lowest BCUT2D eigenvalue weighted by molar-refractivity contribution is 0.0588. The molecule has 5 heteroatoms. The third kappa shape index (κ3) is 2.19. The molecular weight excluding hydrogens is 244 g/mol. The van der Waals surface area contributed by atoms with Crippen molar-refractivity contribution in [1.29, 1.82) is 0 Å². The van der Waals surface area contributed by atoms with Gasteiger partial charge in [0, 0.05) is 5.56 Å². The number of aromatic amines is 1. The van der Waals surface area contributed by atoms with Gasteiger partial charge >= 0.3 is 5.97 Å². The quantitative estimate of drug-likeness (QED) is 0.839. The van der Waals surface area contributed by atoms with Crippen LogP contribution < -0.4 is 4.74 Å². The Morgan fingerprint density at radius 3 is 3.21 bits per heavy atom.